The van der Waals surface area contributed by atoms with Gasteiger partial charge in [0.05, 0.1) is 17.2 Å². The van der Waals surface area contributed by atoms with Crippen LogP contribution in [0.2, 0.25) is 0 Å². The normalized spacial score (nSPS) is 13.2. The Balaban J connectivity index is 3.92. The van der Waals surface area contributed by atoms with E-state index in [0.717, 1.165) is 0 Å². The molecule has 0 atom stereocenters. The summed E-state index contributed by atoms with van der Waals surface area (Å²) >= 11 is 1.19. The Morgan fingerprint density at radius 2 is 2.47 bits per heavy atom. The maximum Gasteiger partial charge on any atom is 0.294 e. The standard InChI is InChI=1S/C10H9N3OS/c1-4-8-9(14)13(5-2)10(15-8)7(6-11)12-3/h4H,5H2,1-2H3/b8-4-,10-7+. The summed E-state index contributed by atoms with van der Waals surface area (Å²) in [6.45, 7) is 10.9. The zero-order valence-electron chi connectivity index (χ0n) is 8.44. The van der Waals surface area contributed by atoms with E-state index in [-0.39, 0.29) is 11.3 Å². The number of hydrogen-bond acceptors (Lipinski definition) is 3. The summed E-state index contributed by atoms with van der Waals surface area (Å²) in [5.74, 6) is 0. The molecule has 5 heteroatoms. The molecule has 4 nitrogen and oxygen atoms in total. The smallest absolute Gasteiger partial charge is 0.294 e. The molecule has 0 amide bonds. The van der Waals surface area contributed by atoms with Crippen molar-refractivity contribution in [1.82, 2.24) is 4.57 Å². The van der Waals surface area contributed by atoms with Crippen molar-refractivity contribution in [2.24, 2.45) is 0 Å². The third kappa shape index (κ3) is 1.83. The highest BCUT2D eigenvalue weighted by Gasteiger charge is 2.06. The van der Waals surface area contributed by atoms with Gasteiger partial charge in [-0.3, -0.25) is 4.79 Å². The van der Waals surface area contributed by atoms with Gasteiger partial charge in [0.2, 0.25) is 0 Å². The highest BCUT2D eigenvalue weighted by molar-refractivity contribution is 7.07. The van der Waals surface area contributed by atoms with E-state index in [2.05, 4.69) is 4.85 Å². The molecule has 0 aliphatic heterocycles. The third-order valence-corrected chi connectivity index (χ3v) is 3.14. The molecular formula is C10H9N3OS. The molecule has 0 N–H and O–H groups in total. The highest BCUT2D eigenvalue weighted by atomic mass is 32.1. The lowest BCUT2D eigenvalue weighted by Crippen LogP contribution is -2.31. The zero-order valence-corrected chi connectivity index (χ0v) is 9.26. The molecular weight excluding hydrogens is 210 g/mol. The molecule has 0 aromatic carbocycles. The van der Waals surface area contributed by atoms with E-state index in [1.807, 2.05) is 6.92 Å². The SMILES string of the molecule is [C-]#[N+]/C(C#N)=c1/s/c(=C\C)c(=O)n1CC. The lowest BCUT2D eigenvalue weighted by molar-refractivity contribution is 0.722. The second-order valence-electron chi connectivity index (χ2n) is 2.68. The molecule has 1 aromatic heterocycles. The van der Waals surface area contributed by atoms with Crippen molar-refractivity contribution in [2.45, 2.75) is 20.4 Å². The van der Waals surface area contributed by atoms with Gasteiger partial charge in [0.15, 0.2) is 0 Å². The van der Waals surface area contributed by atoms with Gasteiger partial charge < -0.3 is 4.57 Å². The summed E-state index contributed by atoms with van der Waals surface area (Å²) in [6, 6.07) is 1.81. The molecule has 1 rings (SSSR count). The Kier molecular flexibility index (Phi) is 3.43. The van der Waals surface area contributed by atoms with Crippen molar-refractivity contribution >= 4 is 23.1 Å². The lowest BCUT2D eigenvalue weighted by atomic mass is 10.5. The van der Waals surface area contributed by atoms with Crippen LogP contribution in [0, 0.1) is 17.9 Å². The van der Waals surface area contributed by atoms with Crippen molar-refractivity contribution in [3.8, 4) is 6.07 Å². The molecule has 76 valence electrons. The van der Waals surface area contributed by atoms with Crippen LogP contribution in [0.4, 0.5) is 0 Å². The van der Waals surface area contributed by atoms with Crippen LogP contribution >= 0.6 is 11.3 Å². The lowest BCUT2D eigenvalue weighted by Gasteiger charge is -1.93. The number of nitrogens with zero attached hydrogens (tertiary/aromatic N) is 3. The number of nitriles is 1. The minimum Gasteiger partial charge on any atom is -0.307 e. The van der Waals surface area contributed by atoms with Gasteiger partial charge in [0.1, 0.15) is 4.66 Å². The Hall–Kier alpha value is -1.85. The minimum atomic E-state index is -0.128. The first-order chi connectivity index (χ1) is 7.19. The van der Waals surface area contributed by atoms with Crippen molar-refractivity contribution < 1.29 is 0 Å². The van der Waals surface area contributed by atoms with Gasteiger partial charge in [0.25, 0.3) is 11.3 Å². The molecule has 0 saturated carbocycles. The molecule has 0 spiro atoms. The average molecular weight is 219 g/mol. The molecule has 1 heterocycles. The maximum absolute atomic E-state index is 11.7. The van der Waals surface area contributed by atoms with Gasteiger partial charge in [-0.15, -0.1) is 11.3 Å². The fraction of sp³-hybridized carbons (Fsp3) is 0.300. The summed E-state index contributed by atoms with van der Waals surface area (Å²) in [5.41, 5.74) is -0.150. The van der Waals surface area contributed by atoms with Gasteiger partial charge >= 0.3 is 0 Å². The van der Waals surface area contributed by atoms with E-state index in [1.54, 1.807) is 19.1 Å². The number of aromatic nitrogens is 1. The number of thiazole rings is 1. The van der Waals surface area contributed by atoms with Gasteiger partial charge in [-0.25, -0.2) is 10.1 Å². The van der Waals surface area contributed by atoms with Crippen LogP contribution in [-0.4, -0.2) is 4.57 Å². The molecule has 0 aliphatic rings. The fourth-order valence-electron chi connectivity index (χ4n) is 1.19. The van der Waals surface area contributed by atoms with Gasteiger partial charge in [-0.2, -0.15) is 0 Å². The molecule has 0 fully saturated rings. The maximum atomic E-state index is 11.7. The molecule has 0 radical (unpaired) electrons. The zero-order chi connectivity index (χ0) is 11.4. The van der Waals surface area contributed by atoms with Crippen molar-refractivity contribution in [1.29, 1.82) is 5.26 Å². The van der Waals surface area contributed by atoms with E-state index in [4.69, 9.17) is 11.8 Å². The van der Waals surface area contributed by atoms with Crippen LogP contribution in [0.1, 0.15) is 13.8 Å². The summed E-state index contributed by atoms with van der Waals surface area (Å²) in [4.78, 5) is 14.8. The van der Waals surface area contributed by atoms with E-state index in [1.165, 1.54) is 15.9 Å². The third-order valence-electron chi connectivity index (χ3n) is 1.91. The minimum absolute atomic E-state index is 0.0212. The molecule has 1 aromatic rings. The average Bonchev–Trinajstić information content (AvgIpc) is 2.57. The molecule has 0 bridgehead atoms. The summed E-state index contributed by atoms with van der Waals surface area (Å²) in [5, 5.41) is 8.75. The van der Waals surface area contributed by atoms with Crippen LogP contribution in [0.15, 0.2) is 4.79 Å². The molecule has 15 heavy (non-hydrogen) atoms. The highest BCUT2D eigenvalue weighted by Crippen LogP contribution is 1.92. The topological polar surface area (TPSA) is 50.1 Å². The second-order valence-corrected chi connectivity index (χ2v) is 3.71. The largest absolute Gasteiger partial charge is 0.307 e. The van der Waals surface area contributed by atoms with Crippen molar-refractivity contribution in [3.05, 3.63) is 31.0 Å². The molecule has 0 saturated heterocycles. The second kappa shape index (κ2) is 4.59. The molecule has 0 aliphatic carbocycles. The Morgan fingerprint density at radius 3 is 2.87 bits per heavy atom. The number of hydrogen-bond donors (Lipinski definition) is 0. The first-order valence-electron chi connectivity index (χ1n) is 4.37. The van der Waals surface area contributed by atoms with Crippen LogP contribution in [-0.2, 0) is 6.54 Å². The first kappa shape index (κ1) is 11.2. The van der Waals surface area contributed by atoms with E-state index in [0.29, 0.717) is 15.7 Å². The monoisotopic (exact) mass is 219 g/mol. The Labute approximate surface area is 90.8 Å². The Bertz CT molecular complexity index is 606. The van der Waals surface area contributed by atoms with Gasteiger partial charge in [-0.1, -0.05) is 6.08 Å². The van der Waals surface area contributed by atoms with Gasteiger partial charge in [-0.05, 0) is 13.8 Å². The Morgan fingerprint density at radius 1 is 1.80 bits per heavy atom. The first-order valence-corrected chi connectivity index (χ1v) is 5.19. The predicted octanol–water partition coefficient (Wildman–Crippen LogP) is 0.281. The fourth-order valence-corrected chi connectivity index (χ4v) is 2.23. The van der Waals surface area contributed by atoms with Crippen LogP contribution in [0.25, 0.3) is 16.6 Å². The quantitative estimate of drug-likeness (QED) is 0.637. The van der Waals surface area contributed by atoms with Crippen LogP contribution in [0.3, 0.4) is 0 Å². The van der Waals surface area contributed by atoms with Crippen LogP contribution in [0.5, 0.6) is 0 Å². The van der Waals surface area contributed by atoms with Crippen molar-refractivity contribution in [2.75, 3.05) is 0 Å². The van der Waals surface area contributed by atoms with E-state index in [9.17, 15) is 4.79 Å². The number of rotatable bonds is 1. The summed E-state index contributed by atoms with van der Waals surface area (Å²) < 4.78 is 2.48. The predicted molar refractivity (Wildman–Crippen MR) is 59.3 cm³/mol. The van der Waals surface area contributed by atoms with Gasteiger partial charge in [0, 0.05) is 6.54 Å². The molecule has 0 unspecified atom stereocenters. The summed E-state index contributed by atoms with van der Waals surface area (Å²) in [7, 11) is 0. The van der Waals surface area contributed by atoms with Crippen LogP contribution < -0.4 is 14.8 Å². The van der Waals surface area contributed by atoms with E-state index >= 15 is 0 Å². The van der Waals surface area contributed by atoms with Crippen molar-refractivity contribution in [3.63, 3.8) is 0 Å². The van der Waals surface area contributed by atoms with E-state index < -0.39 is 0 Å². The summed E-state index contributed by atoms with van der Waals surface area (Å²) in [6.07, 6.45) is 1.70.